The SMILES string of the molecule is CC1(C)c2cc(-c3ccccc3-c3cccc(-c4nc(-c5ccccc5)nc(-c5ccccc5)n4)c3)ccc2-c2c(-c3ccccc3)cccc2C1(C)C. The summed E-state index contributed by atoms with van der Waals surface area (Å²) in [7, 11) is 0. The fourth-order valence-corrected chi connectivity index (χ4v) is 8.09. The lowest BCUT2D eigenvalue weighted by Gasteiger charge is -2.49. The lowest BCUT2D eigenvalue weighted by atomic mass is 9.54. The van der Waals surface area contributed by atoms with Crippen molar-refractivity contribution in [1.29, 1.82) is 0 Å². The van der Waals surface area contributed by atoms with E-state index < -0.39 is 0 Å². The van der Waals surface area contributed by atoms with Crippen molar-refractivity contribution >= 4 is 0 Å². The lowest BCUT2D eigenvalue weighted by molar-refractivity contribution is 0.299. The number of hydrogen-bond acceptors (Lipinski definition) is 3. The third kappa shape index (κ3) is 5.64. The van der Waals surface area contributed by atoms with Crippen molar-refractivity contribution < 1.29 is 0 Å². The summed E-state index contributed by atoms with van der Waals surface area (Å²) in [5.74, 6) is 1.95. The number of fused-ring (bicyclic) bond motifs is 3. The molecule has 0 radical (unpaired) electrons. The Hall–Kier alpha value is -6.45. The van der Waals surface area contributed by atoms with Crippen molar-refractivity contribution in [3.05, 3.63) is 187 Å². The third-order valence-electron chi connectivity index (χ3n) is 11.7. The summed E-state index contributed by atoms with van der Waals surface area (Å²) >= 11 is 0. The van der Waals surface area contributed by atoms with Crippen LogP contribution in [0.15, 0.2) is 176 Å². The molecule has 3 nitrogen and oxygen atoms in total. The Balaban J connectivity index is 1.17. The normalized spacial score (nSPS) is 13.9. The van der Waals surface area contributed by atoms with Crippen LogP contribution in [0, 0.1) is 0 Å². The Labute approximate surface area is 318 Å². The van der Waals surface area contributed by atoms with E-state index in [1.165, 1.54) is 44.5 Å². The fourth-order valence-electron chi connectivity index (χ4n) is 8.09. The molecule has 0 saturated heterocycles. The van der Waals surface area contributed by atoms with Gasteiger partial charge in [-0.05, 0) is 78.6 Å². The standard InChI is InChI=1S/C51H41N3/c1-50(2)44-29-17-28-42(34-18-8-5-9-19-34)46(44)43-31-30-38(33-45(43)51(50,3)4)41-27-15-14-26-40(41)37-24-16-25-39(32-37)49-53-47(35-20-10-6-11-21-35)52-48(54-49)36-22-12-7-13-23-36/h5-33H,1-4H3. The van der Waals surface area contributed by atoms with E-state index in [2.05, 4.69) is 143 Å². The van der Waals surface area contributed by atoms with E-state index in [0.717, 1.165) is 27.8 Å². The predicted molar refractivity (Wildman–Crippen MR) is 224 cm³/mol. The average molecular weight is 696 g/mol. The zero-order valence-electron chi connectivity index (χ0n) is 31.1. The number of benzene rings is 7. The van der Waals surface area contributed by atoms with Crippen LogP contribution in [0.25, 0.3) is 78.7 Å². The first-order valence-electron chi connectivity index (χ1n) is 18.7. The minimum absolute atomic E-state index is 0.103. The molecule has 0 aliphatic heterocycles. The summed E-state index contributed by atoms with van der Waals surface area (Å²) in [6, 6.07) is 62.4. The first-order chi connectivity index (χ1) is 26.3. The van der Waals surface area contributed by atoms with Crippen molar-refractivity contribution in [2.24, 2.45) is 0 Å². The van der Waals surface area contributed by atoms with Gasteiger partial charge < -0.3 is 0 Å². The summed E-state index contributed by atoms with van der Waals surface area (Å²) in [5.41, 5.74) is 15.3. The van der Waals surface area contributed by atoms with Crippen molar-refractivity contribution in [3.63, 3.8) is 0 Å². The summed E-state index contributed by atoms with van der Waals surface area (Å²) in [4.78, 5) is 14.9. The molecule has 7 aromatic carbocycles. The van der Waals surface area contributed by atoms with Gasteiger partial charge in [-0.3, -0.25) is 0 Å². The lowest BCUT2D eigenvalue weighted by Crippen LogP contribution is -2.43. The number of hydrogen-bond donors (Lipinski definition) is 0. The van der Waals surface area contributed by atoms with Crippen LogP contribution >= 0.6 is 0 Å². The molecular formula is C51H41N3. The smallest absolute Gasteiger partial charge is 0.164 e. The Bertz CT molecular complexity index is 2580. The first-order valence-corrected chi connectivity index (χ1v) is 18.7. The molecule has 8 aromatic rings. The van der Waals surface area contributed by atoms with Gasteiger partial charge in [0.15, 0.2) is 17.5 Å². The van der Waals surface area contributed by atoms with Gasteiger partial charge in [-0.25, -0.2) is 15.0 Å². The first kappa shape index (κ1) is 33.4. The van der Waals surface area contributed by atoms with Crippen LogP contribution in [0.4, 0.5) is 0 Å². The zero-order valence-corrected chi connectivity index (χ0v) is 31.1. The van der Waals surface area contributed by atoms with Gasteiger partial charge in [0.2, 0.25) is 0 Å². The van der Waals surface area contributed by atoms with Gasteiger partial charge in [-0.15, -0.1) is 0 Å². The topological polar surface area (TPSA) is 38.7 Å². The van der Waals surface area contributed by atoms with Crippen LogP contribution in [0.3, 0.4) is 0 Å². The van der Waals surface area contributed by atoms with Gasteiger partial charge in [-0.1, -0.05) is 191 Å². The molecule has 0 unspecified atom stereocenters. The maximum Gasteiger partial charge on any atom is 0.164 e. The quantitative estimate of drug-likeness (QED) is 0.174. The second-order valence-corrected chi connectivity index (χ2v) is 15.3. The van der Waals surface area contributed by atoms with E-state index in [-0.39, 0.29) is 10.8 Å². The predicted octanol–water partition coefficient (Wildman–Crippen LogP) is 13.1. The van der Waals surface area contributed by atoms with E-state index >= 15 is 0 Å². The van der Waals surface area contributed by atoms with Gasteiger partial charge in [0, 0.05) is 16.7 Å². The third-order valence-corrected chi connectivity index (χ3v) is 11.7. The summed E-state index contributed by atoms with van der Waals surface area (Å²) in [6.07, 6.45) is 0. The molecular weight excluding hydrogens is 655 g/mol. The van der Waals surface area contributed by atoms with E-state index in [9.17, 15) is 0 Å². The summed E-state index contributed by atoms with van der Waals surface area (Å²) in [6.45, 7) is 9.63. The van der Waals surface area contributed by atoms with Gasteiger partial charge >= 0.3 is 0 Å². The van der Waals surface area contributed by atoms with Crippen molar-refractivity contribution in [2.75, 3.05) is 0 Å². The number of nitrogens with zero attached hydrogens (tertiary/aromatic N) is 3. The maximum atomic E-state index is 5.02. The molecule has 0 spiro atoms. The Morgan fingerprint density at radius 2 is 0.722 bits per heavy atom. The van der Waals surface area contributed by atoms with Crippen LogP contribution in [-0.2, 0) is 10.8 Å². The van der Waals surface area contributed by atoms with Gasteiger partial charge in [0.05, 0.1) is 0 Å². The van der Waals surface area contributed by atoms with Crippen molar-refractivity contribution in [1.82, 2.24) is 15.0 Å². The maximum absolute atomic E-state index is 5.02. The zero-order chi connectivity index (χ0) is 36.9. The number of rotatable bonds is 6. The molecule has 1 aliphatic rings. The highest BCUT2D eigenvalue weighted by Gasteiger charge is 2.46. The monoisotopic (exact) mass is 695 g/mol. The van der Waals surface area contributed by atoms with Crippen LogP contribution in [0.1, 0.15) is 38.8 Å². The molecule has 0 atom stereocenters. The average Bonchev–Trinajstić information content (AvgIpc) is 3.23. The van der Waals surface area contributed by atoms with Crippen LogP contribution in [-0.4, -0.2) is 15.0 Å². The molecule has 0 N–H and O–H groups in total. The van der Waals surface area contributed by atoms with Crippen LogP contribution in [0.2, 0.25) is 0 Å². The molecule has 0 saturated carbocycles. The highest BCUT2D eigenvalue weighted by atomic mass is 15.0. The van der Waals surface area contributed by atoms with Crippen LogP contribution in [0.5, 0.6) is 0 Å². The second-order valence-electron chi connectivity index (χ2n) is 15.3. The van der Waals surface area contributed by atoms with Crippen molar-refractivity contribution in [2.45, 2.75) is 38.5 Å². The minimum atomic E-state index is -0.124. The van der Waals surface area contributed by atoms with Gasteiger partial charge in [0.25, 0.3) is 0 Å². The molecule has 3 heteroatoms. The molecule has 1 heterocycles. The molecule has 54 heavy (non-hydrogen) atoms. The van der Waals surface area contributed by atoms with E-state index in [0.29, 0.717) is 17.5 Å². The molecule has 1 aromatic heterocycles. The van der Waals surface area contributed by atoms with E-state index in [4.69, 9.17) is 15.0 Å². The highest BCUT2D eigenvalue weighted by Crippen LogP contribution is 2.56. The Kier molecular flexibility index (Phi) is 8.16. The largest absolute Gasteiger partial charge is 0.208 e. The summed E-state index contributed by atoms with van der Waals surface area (Å²) < 4.78 is 0. The molecule has 9 rings (SSSR count). The highest BCUT2D eigenvalue weighted by molar-refractivity contribution is 5.93. The molecule has 0 bridgehead atoms. The molecule has 0 fully saturated rings. The van der Waals surface area contributed by atoms with Crippen molar-refractivity contribution in [3.8, 4) is 78.7 Å². The molecule has 0 amide bonds. The van der Waals surface area contributed by atoms with Gasteiger partial charge in [-0.2, -0.15) is 0 Å². The molecule has 1 aliphatic carbocycles. The van der Waals surface area contributed by atoms with Gasteiger partial charge in [0.1, 0.15) is 0 Å². The Morgan fingerprint density at radius 3 is 1.31 bits per heavy atom. The van der Waals surface area contributed by atoms with Crippen LogP contribution < -0.4 is 0 Å². The fraction of sp³-hybridized carbons (Fsp3) is 0.118. The minimum Gasteiger partial charge on any atom is -0.208 e. The van der Waals surface area contributed by atoms with E-state index in [1.807, 2.05) is 60.7 Å². The second kappa shape index (κ2) is 13.2. The van der Waals surface area contributed by atoms with E-state index in [1.54, 1.807) is 0 Å². The summed E-state index contributed by atoms with van der Waals surface area (Å²) in [5, 5.41) is 0. The Morgan fingerprint density at radius 1 is 0.296 bits per heavy atom. The number of aromatic nitrogens is 3. The molecule has 260 valence electrons.